The Labute approximate surface area is 115 Å². The number of epoxide rings is 1. The Morgan fingerprint density at radius 1 is 1.40 bits per heavy atom. The van der Waals surface area contributed by atoms with Gasteiger partial charge in [0.1, 0.15) is 18.0 Å². The van der Waals surface area contributed by atoms with E-state index in [1.165, 1.54) is 26.4 Å². The Hall–Kier alpha value is -1.70. The van der Waals surface area contributed by atoms with E-state index in [2.05, 4.69) is 0 Å². The summed E-state index contributed by atoms with van der Waals surface area (Å²) in [6.45, 7) is 1.85. The quantitative estimate of drug-likeness (QED) is 0.362. The number of methoxy groups -OCH3 is 2. The molecule has 0 radical (unpaired) electrons. The standard InChI is InChI=1S/C13H15NO6/c1-13(12(17-2)18-3)11-10(19-11)8-6-7(14(15)16)4-5-9(8)20-13/h4-6,10-12H,1-3H3/t10-,11+,13-/m1/s1. The molecule has 1 aromatic rings. The van der Waals surface area contributed by atoms with Crippen molar-refractivity contribution in [3.05, 3.63) is 33.9 Å². The highest BCUT2D eigenvalue weighted by Crippen LogP contribution is 2.55. The minimum Gasteiger partial charge on any atom is -0.479 e. The molecule has 3 atom stereocenters. The van der Waals surface area contributed by atoms with Crippen LogP contribution in [0.25, 0.3) is 0 Å². The van der Waals surface area contributed by atoms with Gasteiger partial charge in [0.25, 0.3) is 5.69 Å². The first-order valence-corrected chi connectivity index (χ1v) is 6.19. The molecule has 0 aromatic heterocycles. The van der Waals surface area contributed by atoms with Gasteiger partial charge in [-0.3, -0.25) is 10.1 Å². The number of benzene rings is 1. The molecule has 20 heavy (non-hydrogen) atoms. The van der Waals surface area contributed by atoms with Crippen LogP contribution in [0.2, 0.25) is 0 Å². The highest BCUT2D eigenvalue weighted by molar-refractivity contribution is 5.49. The molecule has 7 heteroatoms. The maximum atomic E-state index is 10.8. The van der Waals surface area contributed by atoms with Crippen molar-refractivity contribution in [3.8, 4) is 5.75 Å². The lowest BCUT2D eigenvalue weighted by atomic mass is 9.91. The summed E-state index contributed by atoms with van der Waals surface area (Å²) in [4.78, 5) is 10.4. The molecule has 108 valence electrons. The molecule has 0 spiro atoms. The summed E-state index contributed by atoms with van der Waals surface area (Å²) in [5, 5.41) is 10.8. The van der Waals surface area contributed by atoms with E-state index in [1.807, 2.05) is 6.92 Å². The highest BCUT2D eigenvalue weighted by atomic mass is 16.7. The van der Waals surface area contributed by atoms with Gasteiger partial charge in [0.2, 0.25) is 0 Å². The average molecular weight is 281 g/mol. The van der Waals surface area contributed by atoms with Crippen molar-refractivity contribution in [1.29, 1.82) is 0 Å². The number of rotatable bonds is 4. The van der Waals surface area contributed by atoms with Crippen molar-refractivity contribution in [2.75, 3.05) is 14.2 Å². The van der Waals surface area contributed by atoms with Crippen LogP contribution in [0.1, 0.15) is 18.6 Å². The number of nitro groups is 1. The molecule has 0 unspecified atom stereocenters. The molecule has 0 saturated carbocycles. The number of ether oxygens (including phenoxy) is 4. The molecule has 7 nitrogen and oxygen atoms in total. The number of nitro benzene ring substituents is 1. The fourth-order valence-corrected chi connectivity index (χ4v) is 2.79. The first-order valence-electron chi connectivity index (χ1n) is 6.19. The normalized spacial score (nSPS) is 30.4. The van der Waals surface area contributed by atoms with Crippen molar-refractivity contribution in [2.45, 2.75) is 31.0 Å². The van der Waals surface area contributed by atoms with Gasteiger partial charge in [-0.1, -0.05) is 0 Å². The van der Waals surface area contributed by atoms with Gasteiger partial charge in [0.05, 0.1) is 4.92 Å². The molecular weight excluding hydrogens is 266 g/mol. The highest BCUT2D eigenvalue weighted by Gasteiger charge is 2.63. The summed E-state index contributed by atoms with van der Waals surface area (Å²) in [5.41, 5.74) is -0.0509. The molecule has 2 aliphatic rings. The van der Waals surface area contributed by atoms with Crippen LogP contribution in [-0.2, 0) is 14.2 Å². The van der Waals surface area contributed by atoms with Crippen LogP contribution in [-0.4, -0.2) is 37.1 Å². The summed E-state index contributed by atoms with van der Waals surface area (Å²) < 4.78 is 22.1. The van der Waals surface area contributed by atoms with E-state index in [4.69, 9.17) is 18.9 Å². The molecule has 0 N–H and O–H groups in total. The Balaban J connectivity index is 1.97. The summed E-state index contributed by atoms with van der Waals surface area (Å²) in [6.07, 6.45) is -1.03. The summed E-state index contributed by atoms with van der Waals surface area (Å²) >= 11 is 0. The van der Waals surface area contributed by atoms with Gasteiger partial charge in [0, 0.05) is 31.9 Å². The number of hydrogen-bond donors (Lipinski definition) is 0. The Morgan fingerprint density at radius 2 is 2.10 bits per heavy atom. The molecule has 1 fully saturated rings. The van der Waals surface area contributed by atoms with Gasteiger partial charge in [-0.15, -0.1) is 0 Å². The maximum absolute atomic E-state index is 10.8. The van der Waals surface area contributed by atoms with Gasteiger partial charge in [-0.25, -0.2) is 0 Å². The van der Waals surface area contributed by atoms with Crippen molar-refractivity contribution < 1.29 is 23.9 Å². The van der Waals surface area contributed by atoms with Crippen LogP contribution in [0, 0.1) is 10.1 Å². The fourth-order valence-electron chi connectivity index (χ4n) is 2.79. The molecule has 3 rings (SSSR count). The van der Waals surface area contributed by atoms with Gasteiger partial charge < -0.3 is 18.9 Å². The fraction of sp³-hybridized carbons (Fsp3) is 0.538. The van der Waals surface area contributed by atoms with Crippen molar-refractivity contribution in [2.24, 2.45) is 0 Å². The second-order valence-electron chi connectivity index (χ2n) is 5.05. The number of non-ortho nitro benzene ring substituents is 1. The molecule has 0 amide bonds. The second kappa shape index (κ2) is 4.41. The monoisotopic (exact) mass is 281 g/mol. The van der Waals surface area contributed by atoms with Crippen LogP contribution in [0.15, 0.2) is 18.2 Å². The first-order chi connectivity index (χ1) is 9.51. The van der Waals surface area contributed by atoms with E-state index < -0.39 is 16.8 Å². The van der Waals surface area contributed by atoms with E-state index in [-0.39, 0.29) is 17.9 Å². The third-order valence-corrected chi connectivity index (χ3v) is 3.79. The third-order valence-electron chi connectivity index (χ3n) is 3.79. The van der Waals surface area contributed by atoms with E-state index in [1.54, 1.807) is 6.07 Å². The Kier molecular flexibility index (Phi) is 2.93. The van der Waals surface area contributed by atoms with E-state index in [0.717, 1.165) is 0 Å². The first kappa shape index (κ1) is 13.3. The van der Waals surface area contributed by atoms with Crippen molar-refractivity contribution >= 4 is 5.69 Å². The smallest absolute Gasteiger partial charge is 0.270 e. The minimum atomic E-state index is -0.780. The zero-order valence-electron chi connectivity index (χ0n) is 11.4. The number of fused-ring (bicyclic) bond motifs is 3. The third kappa shape index (κ3) is 1.78. The largest absolute Gasteiger partial charge is 0.479 e. The molecule has 1 aromatic carbocycles. The Bertz CT molecular complexity index is 558. The van der Waals surface area contributed by atoms with Gasteiger partial charge in [-0.05, 0) is 13.0 Å². The second-order valence-corrected chi connectivity index (χ2v) is 5.05. The lowest BCUT2D eigenvalue weighted by molar-refractivity contribution is -0.385. The topological polar surface area (TPSA) is 83.4 Å². The molecule has 2 aliphatic heterocycles. The van der Waals surface area contributed by atoms with Crippen molar-refractivity contribution in [3.63, 3.8) is 0 Å². The van der Waals surface area contributed by atoms with Crippen LogP contribution in [0.3, 0.4) is 0 Å². The molecular formula is C13H15NO6. The number of hydrogen-bond acceptors (Lipinski definition) is 6. The van der Waals surface area contributed by atoms with Crippen LogP contribution in [0.5, 0.6) is 5.75 Å². The van der Waals surface area contributed by atoms with E-state index in [0.29, 0.717) is 11.3 Å². The molecule has 0 aliphatic carbocycles. The number of nitrogens with zero attached hydrogens (tertiary/aromatic N) is 1. The average Bonchev–Trinajstić information content (AvgIpc) is 3.21. The van der Waals surface area contributed by atoms with E-state index in [9.17, 15) is 10.1 Å². The lowest BCUT2D eigenvalue weighted by Crippen LogP contribution is -2.53. The van der Waals surface area contributed by atoms with Crippen LogP contribution in [0.4, 0.5) is 5.69 Å². The molecule has 1 saturated heterocycles. The van der Waals surface area contributed by atoms with Crippen LogP contribution >= 0.6 is 0 Å². The summed E-state index contributed by atoms with van der Waals surface area (Å²) in [6, 6.07) is 4.50. The van der Waals surface area contributed by atoms with E-state index >= 15 is 0 Å². The van der Waals surface area contributed by atoms with Gasteiger partial charge in [-0.2, -0.15) is 0 Å². The SMILES string of the molecule is COC(OC)[C@]1(C)Oc2ccc([N+](=O)[O-])cc2[C@H]2O[C@@H]21. The minimum absolute atomic E-state index is 0.0280. The summed E-state index contributed by atoms with van der Waals surface area (Å²) in [7, 11) is 3.07. The van der Waals surface area contributed by atoms with Crippen molar-refractivity contribution in [1.82, 2.24) is 0 Å². The predicted molar refractivity (Wildman–Crippen MR) is 67.5 cm³/mol. The molecule has 2 heterocycles. The predicted octanol–water partition coefficient (Wildman–Crippen LogP) is 1.80. The Morgan fingerprint density at radius 3 is 2.70 bits per heavy atom. The van der Waals surface area contributed by atoms with Crippen LogP contribution < -0.4 is 4.74 Å². The van der Waals surface area contributed by atoms with Gasteiger partial charge >= 0.3 is 0 Å². The zero-order chi connectivity index (χ0) is 14.5. The lowest BCUT2D eigenvalue weighted by Gasteiger charge is -2.37. The molecule has 0 bridgehead atoms. The zero-order valence-corrected chi connectivity index (χ0v) is 11.4. The van der Waals surface area contributed by atoms with Gasteiger partial charge in [0.15, 0.2) is 11.9 Å². The summed E-state index contributed by atoms with van der Waals surface area (Å²) in [5.74, 6) is 0.566. The maximum Gasteiger partial charge on any atom is 0.270 e.